The zero-order valence-corrected chi connectivity index (χ0v) is 12.4. The van der Waals surface area contributed by atoms with E-state index < -0.39 is 9.84 Å². The van der Waals surface area contributed by atoms with Gasteiger partial charge in [-0.15, -0.1) is 0 Å². The second kappa shape index (κ2) is 5.45. The molecule has 0 radical (unpaired) electrons. The lowest BCUT2D eigenvalue weighted by atomic mass is 9.91. The first-order valence-corrected chi connectivity index (χ1v) is 8.64. The Bertz CT molecular complexity index is 777. The van der Waals surface area contributed by atoms with Gasteiger partial charge in [-0.05, 0) is 36.1 Å². The van der Waals surface area contributed by atoms with Crippen molar-refractivity contribution in [1.29, 1.82) is 0 Å². The number of hydrogen-bond acceptors (Lipinski definition) is 3. The standard InChI is InChI=1S/C17H16O3S/c18-17-8-4-7-14-9-10-15(11-16(14)17)21(19,20)12-13-5-2-1-3-6-13/h1-3,5-6,9-11H,4,7-8,12H2. The van der Waals surface area contributed by atoms with Gasteiger partial charge in [0, 0.05) is 12.0 Å². The Morgan fingerprint density at radius 3 is 2.48 bits per heavy atom. The molecule has 0 aromatic heterocycles. The quantitative estimate of drug-likeness (QED) is 0.874. The van der Waals surface area contributed by atoms with Crippen LogP contribution in [0.3, 0.4) is 0 Å². The molecule has 3 nitrogen and oxygen atoms in total. The van der Waals surface area contributed by atoms with Crippen molar-refractivity contribution in [2.24, 2.45) is 0 Å². The fraction of sp³-hybridized carbons (Fsp3) is 0.235. The maximum atomic E-state index is 12.5. The average Bonchev–Trinajstić information content (AvgIpc) is 2.48. The molecule has 0 unspecified atom stereocenters. The van der Waals surface area contributed by atoms with Gasteiger partial charge in [-0.3, -0.25) is 4.79 Å². The molecule has 4 heteroatoms. The predicted molar refractivity (Wildman–Crippen MR) is 81.0 cm³/mol. The summed E-state index contributed by atoms with van der Waals surface area (Å²) in [7, 11) is -3.42. The Hall–Kier alpha value is -1.94. The molecule has 0 atom stereocenters. The monoisotopic (exact) mass is 300 g/mol. The molecule has 2 aromatic carbocycles. The third-order valence-electron chi connectivity index (χ3n) is 3.79. The zero-order chi connectivity index (χ0) is 14.9. The highest BCUT2D eigenvalue weighted by Crippen LogP contribution is 2.25. The SMILES string of the molecule is O=C1CCCc2ccc(S(=O)(=O)Cc3ccccc3)cc21. The number of ketones is 1. The first-order chi connectivity index (χ1) is 10.1. The average molecular weight is 300 g/mol. The molecule has 0 bridgehead atoms. The van der Waals surface area contributed by atoms with E-state index in [1.165, 1.54) is 0 Å². The van der Waals surface area contributed by atoms with Crippen LogP contribution in [0.2, 0.25) is 0 Å². The van der Waals surface area contributed by atoms with Gasteiger partial charge < -0.3 is 0 Å². The van der Waals surface area contributed by atoms with Gasteiger partial charge in [-0.25, -0.2) is 8.42 Å². The summed E-state index contributed by atoms with van der Waals surface area (Å²) in [4.78, 5) is 12.2. The number of carbonyl (C=O) groups is 1. The van der Waals surface area contributed by atoms with Gasteiger partial charge in [0.2, 0.25) is 0 Å². The molecule has 21 heavy (non-hydrogen) atoms. The zero-order valence-electron chi connectivity index (χ0n) is 11.6. The summed E-state index contributed by atoms with van der Waals surface area (Å²) in [6, 6.07) is 14.0. The van der Waals surface area contributed by atoms with Crippen LogP contribution in [0, 0.1) is 0 Å². The van der Waals surface area contributed by atoms with Crippen molar-refractivity contribution in [2.45, 2.75) is 29.9 Å². The van der Waals surface area contributed by atoms with E-state index in [0.29, 0.717) is 12.0 Å². The topological polar surface area (TPSA) is 51.2 Å². The second-order valence-corrected chi connectivity index (χ2v) is 7.33. The summed E-state index contributed by atoms with van der Waals surface area (Å²) >= 11 is 0. The van der Waals surface area contributed by atoms with Crippen molar-refractivity contribution >= 4 is 15.6 Å². The molecule has 0 amide bonds. The van der Waals surface area contributed by atoms with Crippen LogP contribution in [0.1, 0.15) is 34.3 Å². The van der Waals surface area contributed by atoms with Gasteiger partial charge in [-0.2, -0.15) is 0 Å². The Morgan fingerprint density at radius 2 is 1.71 bits per heavy atom. The summed E-state index contributed by atoms with van der Waals surface area (Å²) < 4.78 is 25.0. The molecule has 2 aromatic rings. The Morgan fingerprint density at radius 1 is 0.952 bits per heavy atom. The number of Topliss-reactive ketones (excluding diaryl/α,β-unsaturated/α-hetero) is 1. The van der Waals surface area contributed by atoms with Crippen LogP contribution in [-0.2, 0) is 22.0 Å². The van der Waals surface area contributed by atoms with Crippen LogP contribution >= 0.6 is 0 Å². The van der Waals surface area contributed by atoms with Gasteiger partial charge in [-0.1, -0.05) is 36.4 Å². The number of hydrogen-bond donors (Lipinski definition) is 0. The Balaban J connectivity index is 1.96. The molecular formula is C17H16O3S. The summed E-state index contributed by atoms with van der Waals surface area (Å²) in [5.74, 6) is 0.00823. The molecule has 0 N–H and O–H groups in total. The van der Waals surface area contributed by atoms with Crippen LogP contribution in [0.25, 0.3) is 0 Å². The first-order valence-electron chi connectivity index (χ1n) is 6.99. The number of sulfone groups is 1. The molecule has 0 saturated carbocycles. The highest BCUT2D eigenvalue weighted by atomic mass is 32.2. The van der Waals surface area contributed by atoms with E-state index in [-0.39, 0.29) is 16.4 Å². The Labute approximate surface area is 124 Å². The molecule has 108 valence electrons. The summed E-state index contributed by atoms with van der Waals surface area (Å²) in [5.41, 5.74) is 2.29. The lowest BCUT2D eigenvalue weighted by molar-refractivity contribution is 0.0972. The largest absolute Gasteiger partial charge is 0.294 e. The molecule has 0 spiro atoms. The lowest BCUT2D eigenvalue weighted by Crippen LogP contribution is -2.13. The van der Waals surface area contributed by atoms with Crippen molar-refractivity contribution in [1.82, 2.24) is 0 Å². The number of benzene rings is 2. The van der Waals surface area contributed by atoms with E-state index in [9.17, 15) is 13.2 Å². The van der Waals surface area contributed by atoms with E-state index in [1.807, 2.05) is 18.2 Å². The fourth-order valence-electron chi connectivity index (χ4n) is 2.68. The van der Waals surface area contributed by atoms with E-state index >= 15 is 0 Å². The minimum atomic E-state index is -3.42. The highest BCUT2D eigenvalue weighted by Gasteiger charge is 2.21. The Kier molecular flexibility index (Phi) is 3.64. The van der Waals surface area contributed by atoms with Crippen molar-refractivity contribution in [3.05, 3.63) is 65.2 Å². The van der Waals surface area contributed by atoms with Crippen molar-refractivity contribution in [3.63, 3.8) is 0 Å². The molecule has 1 aliphatic carbocycles. The van der Waals surface area contributed by atoms with Gasteiger partial charge in [0.1, 0.15) is 0 Å². The number of rotatable bonds is 3. The van der Waals surface area contributed by atoms with Gasteiger partial charge in [0.25, 0.3) is 0 Å². The molecule has 1 aliphatic rings. The summed E-state index contributed by atoms with van der Waals surface area (Å²) in [6.07, 6.45) is 2.21. The first kappa shape index (κ1) is 14.0. The molecule has 3 rings (SSSR count). The van der Waals surface area contributed by atoms with Crippen LogP contribution in [-0.4, -0.2) is 14.2 Å². The summed E-state index contributed by atoms with van der Waals surface area (Å²) in [6.45, 7) is 0. The molecule has 0 heterocycles. The lowest BCUT2D eigenvalue weighted by Gasteiger charge is -2.15. The van der Waals surface area contributed by atoms with E-state index in [4.69, 9.17) is 0 Å². The third kappa shape index (κ3) is 2.90. The van der Waals surface area contributed by atoms with Gasteiger partial charge in [0.15, 0.2) is 15.6 Å². The van der Waals surface area contributed by atoms with Crippen LogP contribution in [0.5, 0.6) is 0 Å². The van der Waals surface area contributed by atoms with Crippen molar-refractivity contribution in [3.8, 4) is 0 Å². The smallest absolute Gasteiger partial charge is 0.182 e. The fourth-order valence-corrected chi connectivity index (χ4v) is 4.05. The molecular weight excluding hydrogens is 284 g/mol. The highest BCUT2D eigenvalue weighted by molar-refractivity contribution is 7.90. The van der Waals surface area contributed by atoms with Crippen LogP contribution < -0.4 is 0 Å². The minimum absolute atomic E-state index is 0.0409. The van der Waals surface area contributed by atoms with E-state index in [1.54, 1.807) is 30.3 Å². The minimum Gasteiger partial charge on any atom is -0.294 e. The van der Waals surface area contributed by atoms with Gasteiger partial charge in [0.05, 0.1) is 10.6 Å². The van der Waals surface area contributed by atoms with E-state index in [0.717, 1.165) is 24.0 Å². The molecule has 0 fully saturated rings. The number of carbonyl (C=O) groups excluding carboxylic acids is 1. The third-order valence-corrected chi connectivity index (χ3v) is 5.48. The second-order valence-electron chi connectivity index (χ2n) is 5.34. The van der Waals surface area contributed by atoms with Crippen LogP contribution in [0.15, 0.2) is 53.4 Å². The maximum Gasteiger partial charge on any atom is 0.182 e. The van der Waals surface area contributed by atoms with Crippen molar-refractivity contribution in [2.75, 3.05) is 0 Å². The summed E-state index contributed by atoms with van der Waals surface area (Å²) in [5, 5.41) is 0. The van der Waals surface area contributed by atoms with E-state index in [2.05, 4.69) is 0 Å². The number of fused-ring (bicyclic) bond motifs is 1. The van der Waals surface area contributed by atoms with Crippen LogP contribution in [0.4, 0.5) is 0 Å². The predicted octanol–water partition coefficient (Wildman–Crippen LogP) is 3.18. The molecule has 0 saturated heterocycles. The molecule has 0 aliphatic heterocycles. The van der Waals surface area contributed by atoms with Gasteiger partial charge >= 0.3 is 0 Å². The number of aryl methyl sites for hydroxylation is 1. The van der Waals surface area contributed by atoms with Crippen molar-refractivity contribution < 1.29 is 13.2 Å². The maximum absolute atomic E-state index is 12.5. The normalized spacial score (nSPS) is 14.8.